The summed E-state index contributed by atoms with van der Waals surface area (Å²) >= 11 is 6.62. The molecule has 0 N–H and O–H groups in total. The first-order chi connectivity index (χ1) is 19.4. The molecule has 7 nitrogen and oxygen atoms in total. The van der Waals surface area contributed by atoms with Crippen molar-refractivity contribution in [1.82, 2.24) is 0 Å². The van der Waals surface area contributed by atoms with Gasteiger partial charge in [-0.3, -0.25) is 4.79 Å². The molecule has 0 heterocycles. The normalized spacial score (nSPS) is 29.4. The van der Waals surface area contributed by atoms with Gasteiger partial charge in [0.25, 0.3) is 0 Å². The lowest BCUT2D eigenvalue weighted by Gasteiger charge is -2.59. The van der Waals surface area contributed by atoms with Gasteiger partial charge in [-0.25, -0.2) is 13.2 Å². The zero-order valence-corrected chi connectivity index (χ0v) is 29.6. The number of esters is 2. The van der Waals surface area contributed by atoms with E-state index >= 15 is 0 Å². The molecule has 0 amide bonds. The number of ether oxygens (including phenoxy) is 2. The summed E-state index contributed by atoms with van der Waals surface area (Å²) in [6.07, 6.45) is 8.99. The lowest BCUT2D eigenvalue weighted by atomic mass is 9.48. The first kappa shape index (κ1) is 30.5. The predicted octanol–water partition coefficient (Wildman–Crippen LogP) is 7.55. The summed E-state index contributed by atoms with van der Waals surface area (Å²) in [7, 11) is -4.66. The zero-order chi connectivity index (χ0) is 29.2. The minimum atomic E-state index is -4.66. The summed E-state index contributed by atoms with van der Waals surface area (Å²) in [6.45, 7) is 0. The lowest BCUT2D eigenvalue weighted by molar-refractivity contribution is -0.189. The second-order valence-corrected chi connectivity index (χ2v) is 17.3. The van der Waals surface area contributed by atoms with E-state index < -0.39 is 21.1 Å². The summed E-state index contributed by atoms with van der Waals surface area (Å²) in [4.78, 5) is 27.2. The van der Waals surface area contributed by atoms with Crippen molar-refractivity contribution in [2.45, 2.75) is 87.0 Å². The highest BCUT2D eigenvalue weighted by molar-refractivity contribution is 14.1. The molecule has 2 unspecified atom stereocenters. The molecule has 11 heteroatoms. The van der Waals surface area contributed by atoms with Gasteiger partial charge in [-0.15, -0.1) is 0 Å². The van der Waals surface area contributed by atoms with Gasteiger partial charge in [0.05, 0.1) is 15.9 Å². The Labute approximate surface area is 281 Å². The van der Waals surface area contributed by atoms with Gasteiger partial charge in [-0.05, 0) is 166 Å². The molecule has 0 radical (unpaired) electrons. The third-order valence-corrected chi connectivity index (χ3v) is 14.0. The summed E-state index contributed by atoms with van der Waals surface area (Å²) in [5.74, 6) is 0.0820. The Hall–Kier alpha value is -0.520. The number of halogens is 3. The molecule has 220 valence electrons. The molecule has 4 bridgehead atoms. The minimum absolute atomic E-state index is 0.0461. The molecule has 5 aliphatic carbocycles. The number of hydrogen-bond acceptors (Lipinski definition) is 7. The van der Waals surface area contributed by atoms with E-state index in [1.165, 1.54) is 12.1 Å². The van der Waals surface area contributed by atoms with Gasteiger partial charge < -0.3 is 14.0 Å². The molecule has 5 saturated carbocycles. The molecule has 5 fully saturated rings. The fraction of sp³-hybridized carbons (Fsp3) is 0.533. The molecule has 2 aromatic rings. The van der Waals surface area contributed by atoms with Gasteiger partial charge in [0.15, 0.2) is 0 Å². The van der Waals surface area contributed by atoms with Crippen molar-refractivity contribution in [2.75, 3.05) is 0 Å². The Bertz CT molecular complexity index is 1500. The first-order valence-electron chi connectivity index (χ1n) is 14.1. The standard InChI is InChI=1S/C30H31I3O7S/c31-20-9-23(26(33)24(32)10-20)27(34)40-30-14-17-8-18(15-30)13-29(12-17,16-30)28(35)39-21-6-7-25(41(36,37)38)22(11-21)19-4-2-1-3-5-19/h6-7,9-11,17-19H,1-5,8,12-16H2,(H,36,37,38)/p-1. The van der Waals surface area contributed by atoms with Crippen LogP contribution in [0.2, 0.25) is 0 Å². The maximum absolute atomic E-state index is 13.9. The predicted molar refractivity (Wildman–Crippen MR) is 176 cm³/mol. The second kappa shape index (κ2) is 11.4. The second-order valence-electron chi connectivity index (χ2n) is 12.4. The topological polar surface area (TPSA) is 110 Å². The van der Waals surface area contributed by atoms with Gasteiger partial charge in [0.2, 0.25) is 0 Å². The van der Waals surface area contributed by atoms with Crippen LogP contribution in [0.25, 0.3) is 0 Å². The molecule has 0 aromatic heterocycles. The Balaban J connectivity index is 1.26. The zero-order valence-electron chi connectivity index (χ0n) is 22.3. The molecular weight excluding hydrogens is 885 g/mol. The SMILES string of the molecule is O=C(OC12CC3CC(C1)CC(C(=O)Oc1ccc(S(=O)(=O)[O-])c(C4CCCCC4)c1)(C3)C2)c1cc(I)cc(I)c1I. The molecule has 41 heavy (non-hydrogen) atoms. The largest absolute Gasteiger partial charge is 0.744 e. The van der Waals surface area contributed by atoms with Crippen LogP contribution < -0.4 is 4.74 Å². The molecular formula is C30H30I3O7S-. The van der Waals surface area contributed by atoms with E-state index in [2.05, 4.69) is 67.8 Å². The Morgan fingerprint density at radius 3 is 2.27 bits per heavy atom. The molecule has 5 aliphatic rings. The van der Waals surface area contributed by atoms with Gasteiger partial charge in [-0.2, -0.15) is 0 Å². The highest BCUT2D eigenvalue weighted by Crippen LogP contribution is 2.63. The van der Waals surface area contributed by atoms with Crippen molar-refractivity contribution < 1.29 is 32.0 Å². The van der Waals surface area contributed by atoms with Crippen LogP contribution in [0.15, 0.2) is 35.2 Å². The summed E-state index contributed by atoms with van der Waals surface area (Å²) < 4.78 is 51.3. The van der Waals surface area contributed by atoms with Crippen molar-refractivity contribution in [3.63, 3.8) is 0 Å². The minimum Gasteiger partial charge on any atom is -0.744 e. The van der Waals surface area contributed by atoms with Crippen LogP contribution in [0.3, 0.4) is 0 Å². The Morgan fingerprint density at radius 2 is 1.61 bits per heavy atom. The fourth-order valence-electron chi connectivity index (χ4n) is 8.26. The average molecular weight is 915 g/mol. The number of carbonyl (C=O) groups excluding carboxylic acids is 2. The van der Waals surface area contributed by atoms with Crippen LogP contribution in [0.4, 0.5) is 0 Å². The third kappa shape index (κ3) is 6.08. The third-order valence-electron chi connectivity index (χ3n) is 9.47. The van der Waals surface area contributed by atoms with Crippen molar-refractivity contribution >= 4 is 89.8 Å². The van der Waals surface area contributed by atoms with Crippen LogP contribution in [-0.4, -0.2) is 30.5 Å². The smallest absolute Gasteiger partial charge is 0.339 e. The highest BCUT2D eigenvalue weighted by atomic mass is 127. The summed E-state index contributed by atoms with van der Waals surface area (Å²) in [6, 6.07) is 8.19. The molecule has 0 saturated heterocycles. The van der Waals surface area contributed by atoms with Gasteiger partial charge >= 0.3 is 11.9 Å². The van der Waals surface area contributed by atoms with E-state index in [1.807, 2.05) is 12.1 Å². The van der Waals surface area contributed by atoms with E-state index in [1.54, 1.807) is 6.07 Å². The van der Waals surface area contributed by atoms with Crippen LogP contribution in [0.1, 0.15) is 92.5 Å². The molecule has 2 atom stereocenters. The van der Waals surface area contributed by atoms with Crippen LogP contribution >= 0.6 is 67.8 Å². The van der Waals surface area contributed by atoms with Crippen molar-refractivity contribution in [2.24, 2.45) is 17.3 Å². The summed E-state index contributed by atoms with van der Waals surface area (Å²) in [5, 5.41) is 0. The molecule has 2 aromatic carbocycles. The highest BCUT2D eigenvalue weighted by Gasteiger charge is 2.63. The fourth-order valence-corrected chi connectivity index (χ4v) is 11.4. The number of rotatable bonds is 6. The Kier molecular flexibility index (Phi) is 8.51. The molecule has 0 aliphatic heterocycles. The van der Waals surface area contributed by atoms with Crippen LogP contribution in [0.5, 0.6) is 5.75 Å². The average Bonchev–Trinajstić information content (AvgIpc) is 2.89. The number of benzene rings is 2. The van der Waals surface area contributed by atoms with Crippen molar-refractivity contribution in [3.8, 4) is 5.75 Å². The monoisotopic (exact) mass is 915 g/mol. The van der Waals surface area contributed by atoms with Crippen molar-refractivity contribution in [3.05, 3.63) is 52.2 Å². The van der Waals surface area contributed by atoms with E-state index in [0.29, 0.717) is 30.4 Å². The molecule has 7 rings (SSSR count). The number of carbonyl (C=O) groups is 2. The quantitative estimate of drug-likeness (QED) is 0.0969. The first-order valence-corrected chi connectivity index (χ1v) is 18.7. The van der Waals surface area contributed by atoms with Gasteiger partial charge in [0.1, 0.15) is 21.5 Å². The maximum Gasteiger partial charge on any atom is 0.339 e. The van der Waals surface area contributed by atoms with Gasteiger partial charge in [0, 0.05) is 17.1 Å². The van der Waals surface area contributed by atoms with E-state index in [4.69, 9.17) is 9.47 Å². The lowest BCUT2D eigenvalue weighted by Crippen LogP contribution is -2.60. The van der Waals surface area contributed by atoms with E-state index in [-0.39, 0.29) is 40.3 Å². The number of hydrogen-bond donors (Lipinski definition) is 0. The maximum atomic E-state index is 13.9. The van der Waals surface area contributed by atoms with Gasteiger partial charge in [-0.1, -0.05) is 19.3 Å². The summed E-state index contributed by atoms with van der Waals surface area (Å²) in [5.41, 5.74) is -0.449. The van der Waals surface area contributed by atoms with E-state index in [0.717, 1.165) is 62.1 Å². The Morgan fingerprint density at radius 1 is 0.927 bits per heavy atom. The van der Waals surface area contributed by atoms with Crippen LogP contribution in [-0.2, 0) is 19.6 Å². The molecule has 0 spiro atoms. The van der Waals surface area contributed by atoms with Crippen LogP contribution in [0, 0.1) is 28.0 Å². The van der Waals surface area contributed by atoms with E-state index in [9.17, 15) is 22.6 Å². The van der Waals surface area contributed by atoms with Crippen molar-refractivity contribution in [1.29, 1.82) is 0 Å².